The van der Waals surface area contributed by atoms with Gasteiger partial charge in [0.05, 0.1) is 10.9 Å². The van der Waals surface area contributed by atoms with E-state index in [1.165, 1.54) is 18.5 Å². The lowest BCUT2D eigenvalue weighted by molar-refractivity contribution is -0.257. The van der Waals surface area contributed by atoms with Gasteiger partial charge in [0.15, 0.2) is 5.13 Å². The molecule has 0 saturated heterocycles. The summed E-state index contributed by atoms with van der Waals surface area (Å²) in [5.41, 5.74) is 5.75. The van der Waals surface area contributed by atoms with Gasteiger partial charge in [-0.2, -0.15) is 17.6 Å². The predicted octanol–water partition coefficient (Wildman–Crippen LogP) is 5.30. The van der Waals surface area contributed by atoms with Crippen LogP contribution in [0.5, 0.6) is 0 Å². The zero-order chi connectivity index (χ0) is 28.6. The maximum Gasteiger partial charge on any atom is 0.491 e. The lowest BCUT2D eigenvalue weighted by atomic mass is 9.96. The van der Waals surface area contributed by atoms with E-state index >= 15 is 0 Å². The van der Waals surface area contributed by atoms with Crippen molar-refractivity contribution in [1.29, 1.82) is 0 Å². The number of anilines is 1. The molecule has 39 heavy (non-hydrogen) atoms. The van der Waals surface area contributed by atoms with Crippen LogP contribution >= 0.6 is 11.3 Å². The molecule has 4 aromatic rings. The number of nitrogens with one attached hydrogen (secondary N) is 1. The number of nitrogens with two attached hydrogens (primary N) is 1. The first-order chi connectivity index (χ1) is 18.2. The number of benzene rings is 2. The van der Waals surface area contributed by atoms with Gasteiger partial charge < -0.3 is 20.9 Å². The maximum absolute atomic E-state index is 13.6. The summed E-state index contributed by atoms with van der Waals surface area (Å²) in [6.07, 6.45) is -2.57. The van der Waals surface area contributed by atoms with Gasteiger partial charge in [-0.3, -0.25) is 0 Å². The molecule has 14 heteroatoms. The lowest BCUT2D eigenvalue weighted by Gasteiger charge is -2.34. The van der Waals surface area contributed by atoms with E-state index < -0.39 is 53.5 Å². The van der Waals surface area contributed by atoms with Gasteiger partial charge in [-0.1, -0.05) is 47.7 Å². The average Bonchev–Trinajstić information content (AvgIpc) is 3.34. The number of ether oxygens (including phenoxy) is 1. The Kier molecular flexibility index (Phi) is 7.56. The van der Waals surface area contributed by atoms with Gasteiger partial charge in [0, 0.05) is 48.4 Å². The van der Waals surface area contributed by atoms with Crippen molar-refractivity contribution >= 4 is 33.2 Å². The van der Waals surface area contributed by atoms with E-state index in [2.05, 4.69) is 20.0 Å². The summed E-state index contributed by atoms with van der Waals surface area (Å²) in [6, 6.07) is 8.36. The van der Waals surface area contributed by atoms with Crippen LogP contribution in [0.4, 0.5) is 31.5 Å². The van der Waals surface area contributed by atoms with Crippen molar-refractivity contribution in [2.45, 2.75) is 30.9 Å². The molecule has 0 fully saturated rings. The molecule has 7 nitrogen and oxygen atoms in total. The predicted molar refractivity (Wildman–Crippen MR) is 131 cm³/mol. The molecular formula is C25H20F6N4O3S. The summed E-state index contributed by atoms with van der Waals surface area (Å²) in [7, 11) is 0. The number of hydrogen-bond donors (Lipinski definition) is 3. The van der Waals surface area contributed by atoms with Gasteiger partial charge in [-0.25, -0.2) is 23.5 Å². The number of halogens is 6. The molecule has 4 rings (SSSR count). The normalized spacial score (nSPS) is 14.6. The Morgan fingerprint density at radius 1 is 1.03 bits per heavy atom. The first kappa shape index (κ1) is 28.3. The van der Waals surface area contributed by atoms with Crippen molar-refractivity contribution in [3.63, 3.8) is 0 Å². The molecule has 4 N–H and O–H groups in total. The zero-order valence-corrected chi connectivity index (χ0v) is 20.8. The van der Waals surface area contributed by atoms with Crippen molar-refractivity contribution in [3.05, 3.63) is 78.0 Å². The van der Waals surface area contributed by atoms with Gasteiger partial charge >= 0.3 is 12.1 Å². The molecule has 0 bridgehead atoms. The van der Waals surface area contributed by atoms with E-state index in [9.17, 15) is 36.2 Å². The monoisotopic (exact) mass is 570 g/mol. The number of hydrogen-bond acceptors (Lipinski definition) is 8. The number of fused-ring (bicyclic) bond motifs is 1. The first-order valence-corrected chi connectivity index (χ1v) is 12.0. The molecule has 0 amide bonds. The number of nitrogens with zero attached hydrogens (tertiary/aromatic N) is 2. The summed E-state index contributed by atoms with van der Waals surface area (Å²) < 4.78 is 83.8. The SMILES string of the molecule is CC(F)(F)c1ccc([C@](O)(OC(=O)C(F)(F)F)[C@H](N)CNc2ncc(-c3ccc4cnc(F)cc4c3)s2)cc1. The van der Waals surface area contributed by atoms with Gasteiger partial charge in [0.2, 0.25) is 5.95 Å². The molecule has 0 unspecified atom stereocenters. The van der Waals surface area contributed by atoms with Crippen LogP contribution in [0, 0.1) is 5.95 Å². The van der Waals surface area contributed by atoms with E-state index in [0.29, 0.717) is 22.8 Å². The number of alkyl halides is 5. The first-order valence-electron chi connectivity index (χ1n) is 11.2. The van der Waals surface area contributed by atoms with Gasteiger partial charge in [0.25, 0.3) is 11.7 Å². The summed E-state index contributed by atoms with van der Waals surface area (Å²) in [5.74, 6) is -9.65. The van der Waals surface area contributed by atoms with Crippen molar-refractivity contribution in [2.75, 3.05) is 11.9 Å². The Morgan fingerprint density at radius 3 is 2.33 bits per heavy atom. The number of rotatable bonds is 8. The number of esters is 1. The number of pyridine rings is 1. The Labute approximate surface area is 221 Å². The van der Waals surface area contributed by atoms with Gasteiger partial charge in [0.1, 0.15) is 0 Å². The van der Waals surface area contributed by atoms with E-state index in [-0.39, 0.29) is 5.13 Å². The highest BCUT2D eigenvalue weighted by atomic mass is 32.1. The van der Waals surface area contributed by atoms with Crippen molar-refractivity contribution in [2.24, 2.45) is 5.73 Å². The van der Waals surface area contributed by atoms with E-state index in [1.54, 1.807) is 18.2 Å². The largest absolute Gasteiger partial charge is 0.491 e. The maximum atomic E-state index is 13.6. The average molecular weight is 571 g/mol. The molecule has 206 valence electrons. The standard InChI is InChI=1S/C25H20F6N4O3S/c1-23(27,28)16-4-6-17(7-5-16)24(37,38-21(36)25(29,30)31)19(32)12-35-22-34-11-18(39-22)13-2-3-14-10-33-20(26)9-15(14)8-13/h2-11,19,37H,12,32H2,1H3,(H,34,35)/t19-,24+/m1/s1. The van der Waals surface area contributed by atoms with Crippen LogP contribution in [0.25, 0.3) is 21.2 Å². The molecule has 0 aliphatic rings. The second kappa shape index (κ2) is 10.4. The summed E-state index contributed by atoms with van der Waals surface area (Å²) >= 11 is 1.13. The summed E-state index contributed by atoms with van der Waals surface area (Å²) in [4.78, 5) is 20.0. The molecule has 0 radical (unpaired) electrons. The minimum absolute atomic E-state index is 0.256. The van der Waals surface area contributed by atoms with Crippen LogP contribution in [0.15, 0.2) is 60.9 Å². The Hall–Kier alpha value is -3.75. The van der Waals surface area contributed by atoms with Crippen LogP contribution in [-0.4, -0.2) is 39.8 Å². The molecule has 0 aliphatic heterocycles. The fourth-order valence-corrected chi connectivity index (χ4v) is 4.46. The minimum atomic E-state index is -5.46. The Balaban J connectivity index is 1.55. The van der Waals surface area contributed by atoms with Crippen LogP contribution < -0.4 is 11.1 Å². The third-order valence-electron chi connectivity index (χ3n) is 5.74. The smallest absolute Gasteiger partial charge is 0.420 e. The molecule has 2 aromatic heterocycles. The third kappa shape index (κ3) is 6.29. The number of carbonyl (C=O) groups is 1. The van der Waals surface area contributed by atoms with Crippen LogP contribution in [-0.2, 0) is 21.2 Å². The highest BCUT2D eigenvalue weighted by molar-refractivity contribution is 7.18. The van der Waals surface area contributed by atoms with Gasteiger partial charge in [-0.15, -0.1) is 0 Å². The quantitative estimate of drug-likeness (QED) is 0.114. The van der Waals surface area contributed by atoms with E-state index in [1.807, 2.05) is 0 Å². The second-order valence-electron chi connectivity index (χ2n) is 8.64. The van der Waals surface area contributed by atoms with Crippen LogP contribution in [0.3, 0.4) is 0 Å². The van der Waals surface area contributed by atoms with Crippen molar-refractivity contribution in [3.8, 4) is 10.4 Å². The third-order valence-corrected chi connectivity index (χ3v) is 6.74. The summed E-state index contributed by atoms with van der Waals surface area (Å²) in [5, 5.41) is 15.4. The fraction of sp³-hybridized carbons (Fsp3) is 0.240. The van der Waals surface area contributed by atoms with Crippen molar-refractivity contribution in [1.82, 2.24) is 9.97 Å². The molecule has 2 aromatic carbocycles. The fourth-order valence-electron chi connectivity index (χ4n) is 3.64. The Bertz CT molecular complexity index is 1490. The van der Waals surface area contributed by atoms with Crippen LogP contribution in [0.1, 0.15) is 18.1 Å². The van der Waals surface area contributed by atoms with E-state index in [0.717, 1.165) is 41.0 Å². The number of aromatic nitrogens is 2. The van der Waals surface area contributed by atoms with E-state index in [4.69, 9.17) is 5.73 Å². The zero-order valence-electron chi connectivity index (χ0n) is 20.0. The van der Waals surface area contributed by atoms with Crippen LogP contribution in [0.2, 0.25) is 0 Å². The van der Waals surface area contributed by atoms with Gasteiger partial charge in [-0.05, 0) is 17.0 Å². The number of thiazole rings is 1. The highest BCUT2D eigenvalue weighted by Crippen LogP contribution is 2.34. The topological polar surface area (TPSA) is 110 Å². The lowest BCUT2D eigenvalue weighted by Crippen LogP contribution is -2.53. The number of carbonyl (C=O) groups excluding carboxylic acids is 1. The molecule has 2 heterocycles. The molecule has 2 atom stereocenters. The summed E-state index contributed by atoms with van der Waals surface area (Å²) in [6.45, 7) is 0.179. The van der Waals surface area contributed by atoms with Crippen molar-refractivity contribution < 1.29 is 41.0 Å². The molecule has 0 saturated carbocycles. The highest BCUT2D eigenvalue weighted by Gasteiger charge is 2.49. The molecular weight excluding hydrogens is 550 g/mol. The number of aliphatic hydroxyl groups is 1. The minimum Gasteiger partial charge on any atom is -0.420 e. The molecule has 0 aliphatic carbocycles. The molecule has 0 spiro atoms. The second-order valence-corrected chi connectivity index (χ2v) is 9.67. The Morgan fingerprint density at radius 2 is 1.69 bits per heavy atom.